The zero-order chi connectivity index (χ0) is 26.2. The van der Waals surface area contributed by atoms with E-state index in [9.17, 15) is 9.59 Å². The number of ether oxygens (including phenoxy) is 4. The van der Waals surface area contributed by atoms with Crippen molar-refractivity contribution in [2.75, 3.05) is 12.4 Å². The van der Waals surface area contributed by atoms with Crippen LogP contribution in [-0.2, 0) is 11.3 Å². The molecule has 0 fully saturated rings. The number of anilines is 1. The van der Waals surface area contributed by atoms with E-state index in [0.717, 1.165) is 11.1 Å². The minimum Gasteiger partial charge on any atom is -0.489 e. The van der Waals surface area contributed by atoms with Gasteiger partial charge in [0.2, 0.25) is 0 Å². The molecule has 190 valence electrons. The van der Waals surface area contributed by atoms with Gasteiger partial charge in [0.05, 0.1) is 36.1 Å². The summed E-state index contributed by atoms with van der Waals surface area (Å²) in [5.74, 6) is 0.354. The first-order chi connectivity index (χ1) is 17.2. The Hall–Kier alpha value is -4.00. The molecule has 7 heteroatoms. The van der Waals surface area contributed by atoms with E-state index >= 15 is 0 Å². The first kappa shape index (κ1) is 26.6. The van der Waals surface area contributed by atoms with E-state index in [1.165, 1.54) is 7.11 Å². The average Bonchev–Trinajstić information content (AvgIpc) is 2.84. The number of hydrogen-bond acceptors (Lipinski definition) is 6. The molecular weight excluding hydrogens is 458 g/mol. The van der Waals surface area contributed by atoms with Crippen molar-refractivity contribution >= 4 is 17.6 Å². The molecule has 7 nitrogen and oxygen atoms in total. The van der Waals surface area contributed by atoms with Crippen molar-refractivity contribution < 1.29 is 28.5 Å². The fraction of sp³-hybridized carbons (Fsp3) is 0.310. The number of carbonyl (C=O) groups excluding carboxylic acids is 2. The number of benzene rings is 3. The van der Waals surface area contributed by atoms with Crippen molar-refractivity contribution in [3.8, 4) is 17.2 Å². The third-order valence-electron chi connectivity index (χ3n) is 5.15. The van der Waals surface area contributed by atoms with E-state index in [-0.39, 0.29) is 18.8 Å². The predicted molar refractivity (Wildman–Crippen MR) is 139 cm³/mol. The zero-order valence-electron chi connectivity index (χ0n) is 21.6. The summed E-state index contributed by atoms with van der Waals surface area (Å²) in [7, 11) is 1.31. The highest BCUT2D eigenvalue weighted by Gasteiger charge is 2.22. The minimum absolute atomic E-state index is 0.113. The molecule has 0 aliphatic rings. The van der Waals surface area contributed by atoms with Crippen molar-refractivity contribution in [3.63, 3.8) is 0 Å². The number of esters is 1. The first-order valence-corrected chi connectivity index (χ1v) is 11.9. The zero-order valence-corrected chi connectivity index (χ0v) is 21.6. The first-order valence-electron chi connectivity index (χ1n) is 11.9. The molecule has 36 heavy (non-hydrogen) atoms. The third kappa shape index (κ3) is 6.78. The number of nitrogens with one attached hydrogen (secondary N) is 1. The van der Waals surface area contributed by atoms with Crippen molar-refractivity contribution in [3.05, 3.63) is 82.9 Å². The lowest BCUT2D eigenvalue weighted by molar-refractivity contribution is 0.0600. The number of methoxy groups -OCH3 is 1. The van der Waals surface area contributed by atoms with Gasteiger partial charge in [-0.25, -0.2) is 4.79 Å². The molecule has 0 heterocycles. The van der Waals surface area contributed by atoms with Gasteiger partial charge in [0, 0.05) is 0 Å². The molecule has 0 spiro atoms. The summed E-state index contributed by atoms with van der Waals surface area (Å²) in [6, 6.07) is 18.0. The summed E-state index contributed by atoms with van der Waals surface area (Å²) in [5.41, 5.74) is 2.88. The van der Waals surface area contributed by atoms with Crippen LogP contribution in [-0.4, -0.2) is 31.2 Å². The Bertz CT molecular complexity index is 1200. The number of hydrogen-bond donors (Lipinski definition) is 1. The topological polar surface area (TPSA) is 83.1 Å². The molecular formula is C29H33NO6. The maximum Gasteiger partial charge on any atom is 0.337 e. The van der Waals surface area contributed by atoms with Gasteiger partial charge >= 0.3 is 5.97 Å². The van der Waals surface area contributed by atoms with Gasteiger partial charge in [-0.15, -0.1) is 0 Å². The van der Waals surface area contributed by atoms with E-state index in [1.54, 1.807) is 24.3 Å². The second kappa shape index (κ2) is 12.1. The largest absolute Gasteiger partial charge is 0.489 e. The van der Waals surface area contributed by atoms with Crippen molar-refractivity contribution in [2.24, 2.45) is 0 Å². The lowest BCUT2D eigenvalue weighted by atomic mass is 10.1. The van der Waals surface area contributed by atoms with Gasteiger partial charge in [-0.3, -0.25) is 4.79 Å². The number of carbonyl (C=O) groups is 2. The molecule has 0 aliphatic carbocycles. The molecule has 0 bridgehead atoms. The number of amides is 1. The van der Waals surface area contributed by atoms with E-state index in [4.69, 9.17) is 18.9 Å². The summed E-state index contributed by atoms with van der Waals surface area (Å²) in [6.07, 6.45) is -0.290. The standard InChI is InChI=1S/C29H33NO6/c1-18(2)35-25-16-22(29(32)33-6)13-15-24(25)30-28(31)23-14-12-20(5)26(36-19(3)4)27(23)34-17-21-10-8-7-9-11-21/h7-16,18-19H,17H2,1-6H3,(H,30,31). The van der Waals surface area contributed by atoms with Crippen LogP contribution in [0.15, 0.2) is 60.7 Å². The summed E-state index contributed by atoms with van der Waals surface area (Å²) < 4.78 is 22.9. The SMILES string of the molecule is COC(=O)c1ccc(NC(=O)c2ccc(C)c(OC(C)C)c2OCc2ccccc2)c(OC(C)C)c1. The predicted octanol–water partition coefficient (Wildman–Crippen LogP) is 6.19. The molecule has 3 aromatic rings. The highest BCUT2D eigenvalue weighted by atomic mass is 16.5. The summed E-state index contributed by atoms with van der Waals surface area (Å²) in [6.45, 7) is 9.75. The van der Waals surface area contributed by atoms with Crippen LogP contribution in [0.4, 0.5) is 5.69 Å². The maximum absolute atomic E-state index is 13.5. The molecule has 0 unspecified atom stereocenters. The van der Waals surface area contributed by atoms with Gasteiger partial charge < -0.3 is 24.3 Å². The molecule has 1 N–H and O–H groups in total. The number of aryl methyl sites for hydroxylation is 1. The van der Waals surface area contributed by atoms with Crippen LogP contribution in [0, 0.1) is 6.92 Å². The van der Waals surface area contributed by atoms with E-state index < -0.39 is 11.9 Å². The Morgan fingerprint density at radius 3 is 2.19 bits per heavy atom. The van der Waals surface area contributed by atoms with Gasteiger partial charge in [-0.1, -0.05) is 36.4 Å². The fourth-order valence-corrected chi connectivity index (χ4v) is 3.51. The molecule has 0 saturated heterocycles. The van der Waals surface area contributed by atoms with Crippen LogP contribution in [0.2, 0.25) is 0 Å². The molecule has 3 rings (SSSR count). The van der Waals surface area contributed by atoms with Gasteiger partial charge in [-0.2, -0.15) is 0 Å². The molecule has 0 atom stereocenters. The van der Waals surface area contributed by atoms with Crippen LogP contribution in [0.3, 0.4) is 0 Å². The van der Waals surface area contributed by atoms with E-state index in [0.29, 0.717) is 34.1 Å². The van der Waals surface area contributed by atoms with Crippen LogP contribution < -0.4 is 19.5 Å². The molecule has 0 saturated carbocycles. The Morgan fingerprint density at radius 1 is 0.861 bits per heavy atom. The molecule has 0 aliphatic heterocycles. The molecule has 1 amide bonds. The summed E-state index contributed by atoms with van der Waals surface area (Å²) in [5, 5.41) is 2.90. The lowest BCUT2D eigenvalue weighted by Crippen LogP contribution is -2.18. The van der Waals surface area contributed by atoms with Gasteiger partial charge in [0.1, 0.15) is 12.4 Å². The van der Waals surface area contributed by atoms with Crippen LogP contribution >= 0.6 is 0 Å². The van der Waals surface area contributed by atoms with Crippen LogP contribution in [0.1, 0.15) is 59.5 Å². The minimum atomic E-state index is -0.493. The second-order valence-electron chi connectivity index (χ2n) is 8.85. The quantitative estimate of drug-likeness (QED) is 0.341. The number of rotatable bonds is 10. The third-order valence-corrected chi connectivity index (χ3v) is 5.15. The summed E-state index contributed by atoms with van der Waals surface area (Å²) in [4.78, 5) is 25.5. The monoisotopic (exact) mass is 491 g/mol. The van der Waals surface area contributed by atoms with Crippen molar-refractivity contribution in [1.29, 1.82) is 0 Å². The van der Waals surface area contributed by atoms with Crippen molar-refractivity contribution in [1.82, 2.24) is 0 Å². The van der Waals surface area contributed by atoms with Crippen molar-refractivity contribution in [2.45, 2.75) is 53.4 Å². The van der Waals surface area contributed by atoms with Gasteiger partial charge in [0.15, 0.2) is 11.5 Å². The highest BCUT2D eigenvalue weighted by Crippen LogP contribution is 2.37. The highest BCUT2D eigenvalue weighted by molar-refractivity contribution is 6.07. The molecule has 3 aromatic carbocycles. The molecule has 0 aromatic heterocycles. The van der Waals surface area contributed by atoms with Crippen LogP contribution in [0.5, 0.6) is 17.2 Å². The van der Waals surface area contributed by atoms with Gasteiger partial charge in [0.25, 0.3) is 5.91 Å². The smallest absolute Gasteiger partial charge is 0.337 e. The lowest BCUT2D eigenvalue weighted by Gasteiger charge is -2.21. The Balaban J connectivity index is 1.98. The maximum atomic E-state index is 13.5. The van der Waals surface area contributed by atoms with Gasteiger partial charge in [-0.05, 0) is 70.0 Å². The average molecular weight is 492 g/mol. The Morgan fingerprint density at radius 2 is 1.56 bits per heavy atom. The van der Waals surface area contributed by atoms with Crippen LogP contribution in [0.25, 0.3) is 0 Å². The second-order valence-corrected chi connectivity index (χ2v) is 8.85. The Labute approximate surface area is 212 Å². The Kier molecular flexibility index (Phi) is 8.95. The normalized spacial score (nSPS) is 10.8. The molecule has 0 radical (unpaired) electrons. The van der Waals surface area contributed by atoms with E-state index in [2.05, 4.69) is 5.32 Å². The fourth-order valence-electron chi connectivity index (χ4n) is 3.51. The van der Waals surface area contributed by atoms with E-state index in [1.807, 2.05) is 71.0 Å². The summed E-state index contributed by atoms with van der Waals surface area (Å²) >= 11 is 0.